The van der Waals surface area contributed by atoms with Crippen LogP contribution >= 0.6 is 0 Å². The van der Waals surface area contributed by atoms with Crippen molar-refractivity contribution in [1.82, 2.24) is 0 Å². The SMILES string of the molecule is OC1O[C@@H](O)C(O)C(O)[C@H]1O. The lowest BCUT2D eigenvalue weighted by atomic mass is 10.0. The van der Waals surface area contributed by atoms with Crippen LogP contribution in [0.25, 0.3) is 0 Å². The Morgan fingerprint density at radius 2 is 1.00 bits per heavy atom. The Bertz CT molecular complexity index is 125. The Balaban J connectivity index is 2.63. The van der Waals surface area contributed by atoms with Gasteiger partial charge in [0.2, 0.25) is 0 Å². The van der Waals surface area contributed by atoms with Crippen LogP contribution in [0.2, 0.25) is 0 Å². The van der Waals surface area contributed by atoms with E-state index < -0.39 is 30.9 Å². The largest absolute Gasteiger partial charge is 0.387 e. The van der Waals surface area contributed by atoms with Crippen LogP contribution in [0.1, 0.15) is 0 Å². The van der Waals surface area contributed by atoms with E-state index in [9.17, 15) is 0 Å². The average Bonchev–Trinajstić information content (AvgIpc) is 1.97. The molecule has 0 aromatic rings. The highest BCUT2D eigenvalue weighted by Gasteiger charge is 2.42. The molecule has 6 nitrogen and oxygen atoms in total. The van der Waals surface area contributed by atoms with Crippen LogP contribution in [-0.4, -0.2) is 56.4 Å². The van der Waals surface area contributed by atoms with Crippen molar-refractivity contribution >= 4 is 0 Å². The molecule has 1 aliphatic heterocycles. The first-order valence-corrected chi connectivity index (χ1v) is 3.10. The number of rotatable bonds is 0. The van der Waals surface area contributed by atoms with Crippen molar-refractivity contribution in [3.05, 3.63) is 0 Å². The maximum Gasteiger partial charge on any atom is 0.186 e. The van der Waals surface area contributed by atoms with Crippen molar-refractivity contribution in [2.45, 2.75) is 30.9 Å². The minimum Gasteiger partial charge on any atom is -0.387 e. The van der Waals surface area contributed by atoms with E-state index in [0.29, 0.717) is 0 Å². The predicted octanol–water partition coefficient (Wildman–Crippen LogP) is -3.26. The van der Waals surface area contributed by atoms with Gasteiger partial charge in [0.05, 0.1) is 0 Å². The van der Waals surface area contributed by atoms with E-state index in [0.717, 1.165) is 0 Å². The van der Waals surface area contributed by atoms with Crippen molar-refractivity contribution < 1.29 is 30.3 Å². The van der Waals surface area contributed by atoms with Gasteiger partial charge in [-0.05, 0) is 0 Å². The smallest absolute Gasteiger partial charge is 0.186 e. The third-order valence-corrected chi connectivity index (χ3v) is 1.56. The van der Waals surface area contributed by atoms with Gasteiger partial charge in [0, 0.05) is 0 Å². The number of hydrogen-bond acceptors (Lipinski definition) is 6. The minimum absolute atomic E-state index is 1.59. The molecule has 0 bridgehead atoms. The Morgan fingerprint density at radius 3 is 1.36 bits per heavy atom. The van der Waals surface area contributed by atoms with E-state index in [-0.39, 0.29) is 0 Å². The summed E-state index contributed by atoms with van der Waals surface area (Å²) in [7, 11) is 0. The van der Waals surface area contributed by atoms with Gasteiger partial charge in [-0.15, -0.1) is 0 Å². The molecule has 1 saturated heterocycles. The van der Waals surface area contributed by atoms with Gasteiger partial charge in [0.25, 0.3) is 0 Å². The van der Waals surface area contributed by atoms with E-state index in [1.807, 2.05) is 0 Å². The van der Waals surface area contributed by atoms with Gasteiger partial charge in [0.15, 0.2) is 12.6 Å². The molecule has 3 unspecified atom stereocenters. The molecule has 1 aliphatic rings. The molecule has 0 spiro atoms. The van der Waals surface area contributed by atoms with Crippen LogP contribution in [0.3, 0.4) is 0 Å². The van der Waals surface area contributed by atoms with Crippen LogP contribution in [0, 0.1) is 0 Å². The highest BCUT2D eigenvalue weighted by atomic mass is 16.7. The number of aliphatic hydroxyl groups excluding tert-OH is 5. The first kappa shape index (κ1) is 8.85. The van der Waals surface area contributed by atoms with Gasteiger partial charge in [0.1, 0.15) is 18.3 Å². The van der Waals surface area contributed by atoms with Crippen LogP contribution in [0.15, 0.2) is 0 Å². The summed E-state index contributed by atoms with van der Waals surface area (Å²) in [4.78, 5) is 0. The summed E-state index contributed by atoms with van der Waals surface area (Å²) in [5.74, 6) is 0. The van der Waals surface area contributed by atoms with E-state index in [2.05, 4.69) is 4.74 Å². The normalized spacial score (nSPS) is 52.6. The molecule has 0 aromatic carbocycles. The second-order valence-corrected chi connectivity index (χ2v) is 2.39. The summed E-state index contributed by atoms with van der Waals surface area (Å²) in [5.41, 5.74) is 0. The van der Waals surface area contributed by atoms with E-state index >= 15 is 0 Å². The second kappa shape index (κ2) is 3.02. The third kappa shape index (κ3) is 1.51. The van der Waals surface area contributed by atoms with Gasteiger partial charge in [-0.3, -0.25) is 0 Å². The molecule has 1 heterocycles. The lowest BCUT2D eigenvalue weighted by Crippen LogP contribution is -2.57. The zero-order valence-corrected chi connectivity index (χ0v) is 5.53. The molecule has 5 atom stereocenters. The molecule has 5 N–H and O–H groups in total. The first-order chi connectivity index (χ1) is 5.04. The molecule has 11 heavy (non-hydrogen) atoms. The van der Waals surface area contributed by atoms with Crippen LogP contribution in [-0.2, 0) is 4.74 Å². The van der Waals surface area contributed by atoms with Gasteiger partial charge in [-0.25, -0.2) is 0 Å². The lowest BCUT2D eigenvalue weighted by molar-refractivity contribution is -0.328. The van der Waals surface area contributed by atoms with E-state index in [1.165, 1.54) is 0 Å². The van der Waals surface area contributed by atoms with Crippen LogP contribution < -0.4 is 0 Å². The fourth-order valence-corrected chi connectivity index (χ4v) is 0.843. The van der Waals surface area contributed by atoms with Gasteiger partial charge in [-0.1, -0.05) is 0 Å². The van der Waals surface area contributed by atoms with E-state index in [1.54, 1.807) is 0 Å². The van der Waals surface area contributed by atoms with Crippen molar-refractivity contribution in [3.8, 4) is 0 Å². The highest BCUT2D eigenvalue weighted by molar-refractivity contribution is 4.83. The summed E-state index contributed by atoms with van der Waals surface area (Å²) in [5, 5.41) is 44.0. The Kier molecular flexibility index (Phi) is 2.43. The second-order valence-electron chi connectivity index (χ2n) is 2.39. The third-order valence-electron chi connectivity index (χ3n) is 1.56. The average molecular weight is 166 g/mol. The number of ether oxygens (including phenoxy) is 1. The lowest BCUT2D eigenvalue weighted by Gasteiger charge is -2.35. The molecular formula is C5H10O6. The van der Waals surface area contributed by atoms with Gasteiger partial charge >= 0.3 is 0 Å². The Labute approximate surface area is 62.3 Å². The fourth-order valence-electron chi connectivity index (χ4n) is 0.843. The summed E-state index contributed by atoms with van der Waals surface area (Å²) in [6, 6.07) is 0. The van der Waals surface area contributed by atoms with Crippen molar-refractivity contribution in [1.29, 1.82) is 0 Å². The molecule has 0 amide bonds. The van der Waals surface area contributed by atoms with Gasteiger partial charge in [-0.2, -0.15) is 0 Å². The molecular weight excluding hydrogens is 156 g/mol. The molecule has 0 aliphatic carbocycles. The number of aliphatic hydroxyl groups is 5. The first-order valence-electron chi connectivity index (χ1n) is 3.10. The maximum atomic E-state index is 8.89. The van der Waals surface area contributed by atoms with Crippen LogP contribution in [0.4, 0.5) is 0 Å². The molecule has 0 saturated carbocycles. The summed E-state index contributed by atoms with van der Waals surface area (Å²) >= 11 is 0. The molecule has 1 rings (SSSR count). The standard InChI is InChI=1S/C5H10O6/c6-1-2(7)4(9)11-5(10)3(1)8/h1-10H/t1?,2-,3?,4?,5-/m1/s1. The van der Waals surface area contributed by atoms with Crippen molar-refractivity contribution in [3.63, 3.8) is 0 Å². The fraction of sp³-hybridized carbons (Fsp3) is 1.00. The zero-order chi connectivity index (χ0) is 8.59. The Morgan fingerprint density at radius 1 is 0.636 bits per heavy atom. The molecule has 0 aromatic heterocycles. The molecule has 66 valence electrons. The maximum absolute atomic E-state index is 8.89. The minimum atomic E-state index is -1.66. The van der Waals surface area contributed by atoms with E-state index in [4.69, 9.17) is 25.5 Å². The predicted molar refractivity (Wildman–Crippen MR) is 31.1 cm³/mol. The topological polar surface area (TPSA) is 110 Å². The zero-order valence-electron chi connectivity index (χ0n) is 5.53. The summed E-state index contributed by atoms with van der Waals surface area (Å²) in [6.07, 6.45) is -8.10. The highest BCUT2D eigenvalue weighted by Crippen LogP contribution is 2.17. The monoisotopic (exact) mass is 166 g/mol. The van der Waals surface area contributed by atoms with Crippen molar-refractivity contribution in [2.75, 3.05) is 0 Å². The number of hydrogen-bond donors (Lipinski definition) is 5. The quantitative estimate of drug-likeness (QED) is 0.258. The Hall–Kier alpha value is -0.240. The van der Waals surface area contributed by atoms with Crippen molar-refractivity contribution in [2.24, 2.45) is 0 Å². The molecule has 6 heteroatoms. The summed E-state index contributed by atoms with van der Waals surface area (Å²) in [6.45, 7) is 0. The summed E-state index contributed by atoms with van der Waals surface area (Å²) < 4.78 is 4.23. The molecule has 1 fully saturated rings. The molecule has 0 radical (unpaired) electrons. The van der Waals surface area contributed by atoms with Gasteiger partial charge < -0.3 is 30.3 Å². The van der Waals surface area contributed by atoms with Crippen LogP contribution in [0.5, 0.6) is 0 Å².